The number of ether oxygens (including phenoxy) is 1. The SMILES string of the molecule is C1CO1.OCc1ccco1. The molecule has 0 aromatic carbocycles. The highest BCUT2D eigenvalue weighted by Gasteiger charge is 1.94. The Morgan fingerprint density at radius 3 is 2.40 bits per heavy atom. The summed E-state index contributed by atoms with van der Waals surface area (Å²) in [5.41, 5.74) is 0. The van der Waals surface area contributed by atoms with E-state index < -0.39 is 0 Å². The molecular formula is C7H10O3. The predicted molar refractivity (Wildman–Crippen MR) is 35.4 cm³/mol. The minimum absolute atomic E-state index is 0.00694. The van der Waals surface area contributed by atoms with Crippen molar-refractivity contribution in [1.29, 1.82) is 0 Å². The van der Waals surface area contributed by atoms with Gasteiger partial charge in [0.15, 0.2) is 0 Å². The number of rotatable bonds is 1. The minimum Gasteiger partial charge on any atom is -0.467 e. The third-order valence-corrected chi connectivity index (χ3v) is 0.940. The topological polar surface area (TPSA) is 45.9 Å². The Morgan fingerprint density at radius 1 is 1.50 bits per heavy atom. The summed E-state index contributed by atoms with van der Waals surface area (Å²) >= 11 is 0. The Kier molecular flexibility index (Phi) is 2.99. The average Bonchev–Trinajstić information content (AvgIpc) is 2.75. The van der Waals surface area contributed by atoms with Gasteiger partial charge in [0, 0.05) is 0 Å². The van der Waals surface area contributed by atoms with Gasteiger partial charge in [0.2, 0.25) is 0 Å². The van der Waals surface area contributed by atoms with E-state index in [0.717, 1.165) is 13.2 Å². The summed E-state index contributed by atoms with van der Waals surface area (Å²) in [5.74, 6) is 0.611. The Morgan fingerprint density at radius 2 is 2.20 bits per heavy atom. The molecule has 3 heteroatoms. The van der Waals surface area contributed by atoms with Crippen molar-refractivity contribution in [3.63, 3.8) is 0 Å². The molecule has 0 aliphatic carbocycles. The summed E-state index contributed by atoms with van der Waals surface area (Å²) in [6.45, 7) is 1.99. The maximum absolute atomic E-state index is 8.33. The molecule has 3 nitrogen and oxygen atoms in total. The van der Waals surface area contributed by atoms with Gasteiger partial charge in [0.25, 0.3) is 0 Å². The van der Waals surface area contributed by atoms with E-state index in [2.05, 4.69) is 4.74 Å². The maximum atomic E-state index is 8.33. The first-order chi connectivity index (χ1) is 4.93. The van der Waals surface area contributed by atoms with Crippen molar-refractivity contribution in [3.8, 4) is 0 Å². The lowest BCUT2D eigenvalue weighted by molar-refractivity contribution is 0.247. The molecule has 1 aliphatic heterocycles. The smallest absolute Gasteiger partial charge is 0.129 e. The van der Waals surface area contributed by atoms with E-state index in [0.29, 0.717) is 5.76 Å². The molecule has 0 radical (unpaired) electrons. The Balaban J connectivity index is 0.000000138. The van der Waals surface area contributed by atoms with Gasteiger partial charge in [-0.2, -0.15) is 0 Å². The fraction of sp³-hybridized carbons (Fsp3) is 0.429. The van der Waals surface area contributed by atoms with Gasteiger partial charge < -0.3 is 14.3 Å². The van der Waals surface area contributed by atoms with E-state index in [1.54, 1.807) is 12.1 Å². The lowest BCUT2D eigenvalue weighted by Crippen LogP contribution is -1.72. The average molecular weight is 142 g/mol. The summed E-state index contributed by atoms with van der Waals surface area (Å²) in [7, 11) is 0. The molecule has 10 heavy (non-hydrogen) atoms. The Hall–Kier alpha value is -0.800. The van der Waals surface area contributed by atoms with Gasteiger partial charge >= 0.3 is 0 Å². The van der Waals surface area contributed by atoms with Gasteiger partial charge in [-0.05, 0) is 12.1 Å². The zero-order valence-electron chi connectivity index (χ0n) is 5.62. The minimum atomic E-state index is -0.00694. The van der Waals surface area contributed by atoms with Gasteiger partial charge in [-0.15, -0.1) is 0 Å². The van der Waals surface area contributed by atoms with Gasteiger partial charge in [-0.1, -0.05) is 0 Å². The van der Waals surface area contributed by atoms with E-state index in [1.165, 1.54) is 6.26 Å². The Labute approximate surface area is 59.2 Å². The van der Waals surface area contributed by atoms with Crippen molar-refractivity contribution in [1.82, 2.24) is 0 Å². The van der Waals surface area contributed by atoms with E-state index in [4.69, 9.17) is 9.52 Å². The van der Waals surface area contributed by atoms with Crippen LogP contribution in [0, 0.1) is 0 Å². The Bertz CT molecular complexity index is 153. The van der Waals surface area contributed by atoms with Crippen molar-refractivity contribution in [2.45, 2.75) is 6.61 Å². The van der Waals surface area contributed by atoms with Crippen LogP contribution in [0.15, 0.2) is 22.8 Å². The largest absolute Gasteiger partial charge is 0.467 e. The first-order valence-corrected chi connectivity index (χ1v) is 3.14. The molecule has 1 aliphatic rings. The van der Waals surface area contributed by atoms with E-state index >= 15 is 0 Å². The molecule has 1 fully saturated rings. The third kappa shape index (κ3) is 3.27. The van der Waals surface area contributed by atoms with Crippen molar-refractivity contribution < 1.29 is 14.3 Å². The molecule has 0 bridgehead atoms. The van der Waals surface area contributed by atoms with E-state index in [-0.39, 0.29) is 6.61 Å². The van der Waals surface area contributed by atoms with Gasteiger partial charge in [0.05, 0.1) is 19.5 Å². The van der Waals surface area contributed by atoms with Crippen LogP contribution in [0.1, 0.15) is 5.76 Å². The van der Waals surface area contributed by atoms with Crippen LogP contribution in [-0.2, 0) is 11.3 Å². The van der Waals surface area contributed by atoms with Crippen LogP contribution in [0.25, 0.3) is 0 Å². The first kappa shape index (κ1) is 7.31. The third-order valence-electron chi connectivity index (χ3n) is 0.940. The number of hydrogen-bond acceptors (Lipinski definition) is 3. The van der Waals surface area contributed by atoms with Crippen molar-refractivity contribution >= 4 is 0 Å². The number of hydrogen-bond donors (Lipinski definition) is 1. The van der Waals surface area contributed by atoms with Crippen LogP contribution in [-0.4, -0.2) is 18.3 Å². The first-order valence-electron chi connectivity index (χ1n) is 3.14. The zero-order chi connectivity index (χ0) is 7.23. The highest BCUT2D eigenvalue weighted by atomic mass is 16.6. The van der Waals surface area contributed by atoms with Crippen molar-refractivity contribution in [2.75, 3.05) is 13.2 Å². The molecule has 0 amide bonds. The molecule has 0 saturated carbocycles. The second kappa shape index (κ2) is 4.09. The number of aliphatic hydroxyl groups excluding tert-OH is 1. The van der Waals surface area contributed by atoms with Crippen LogP contribution in [0.2, 0.25) is 0 Å². The standard InChI is InChI=1S/C5H6O2.C2H4O/c6-4-5-2-1-3-7-5;1-2-3-1/h1-3,6H,4H2;1-2H2. The second-order valence-electron chi connectivity index (χ2n) is 1.85. The summed E-state index contributed by atoms with van der Waals surface area (Å²) in [4.78, 5) is 0. The molecule has 1 aromatic heterocycles. The van der Waals surface area contributed by atoms with Gasteiger partial charge in [-0.3, -0.25) is 0 Å². The van der Waals surface area contributed by atoms with Crippen LogP contribution in [0.4, 0.5) is 0 Å². The molecule has 56 valence electrons. The quantitative estimate of drug-likeness (QED) is 0.589. The normalized spacial score (nSPS) is 13.7. The van der Waals surface area contributed by atoms with Crippen molar-refractivity contribution in [3.05, 3.63) is 24.2 Å². The van der Waals surface area contributed by atoms with Crippen molar-refractivity contribution in [2.24, 2.45) is 0 Å². The van der Waals surface area contributed by atoms with Crippen LogP contribution in [0.3, 0.4) is 0 Å². The monoisotopic (exact) mass is 142 g/mol. The highest BCUT2D eigenvalue weighted by Crippen LogP contribution is 1.96. The second-order valence-corrected chi connectivity index (χ2v) is 1.85. The number of furan rings is 1. The summed E-state index contributed by atoms with van der Waals surface area (Å²) in [5, 5.41) is 8.33. The predicted octanol–water partition coefficient (Wildman–Crippen LogP) is 0.789. The highest BCUT2D eigenvalue weighted by molar-refractivity contribution is 4.95. The van der Waals surface area contributed by atoms with E-state index in [1.807, 2.05) is 0 Å². The van der Waals surface area contributed by atoms with Gasteiger partial charge in [0.1, 0.15) is 12.4 Å². The molecule has 1 saturated heterocycles. The molecule has 1 N–H and O–H groups in total. The number of aliphatic hydroxyl groups is 1. The van der Waals surface area contributed by atoms with Crippen LogP contribution >= 0.6 is 0 Å². The molecule has 2 rings (SSSR count). The lowest BCUT2D eigenvalue weighted by Gasteiger charge is -1.79. The molecular weight excluding hydrogens is 132 g/mol. The molecule has 2 heterocycles. The summed E-state index contributed by atoms with van der Waals surface area (Å²) in [6.07, 6.45) is 1.53. The fourth-order valence-corrected chi connectivity index (χ4v) is 0.403. The van der Waals surface area contributed by atoms with Gasteiger partial charge in [-0.25, -0.2) is 0 Å². The van der Waals surface area contributed by atoms with E-state index in [9.17, 15) is 0 Å². The molecule has 0 unspecified atom stereocenters. The zero-order valence-corrected chi connectivity index (χ0v) is 5.62. The summed E-state index contributed by atoms with van der Waals surface area (Å²) < 4.78 is 9.23. The molecule has 0 atom stereocenters. The number of epoxide rings is 1. The lowest BCUT2D eigenvalue weighted by atomic mass is 10.5. The fourth-order valence-electron chi connectivity index (χ4n) is 0.403. The molecule has 1 aromatic rings. The molecule has 0 spiro atoms. The van der Waals surface area contributed by atoms with Crippen LogP contribution in [0.5, 0.6) is 0 Å². The maximum Gasteiger partial charge on any atom is 0.129 e. The summed E-state index contributed by atoms with van der Waals surface area (Å²) in [6, 6.07) is 3.46. The van der Waals surface area contributed by atoms with Crippen LogP contribution < -0.4 is 0 Å².